The van der Waals surface area contributed by atoms with Gasteiger partial charge in [0, 0.05) is 43.6 Å². The number of piperazine rings is 1. The molecule has 7 nitrogen and oxygen atoms in total. The zero-order chi connectivity index (χ0) is 22.1. The highest BCUT2D eigenvalue weighted by Gasteiger charge is 2.29. The van der Waals surface area contributed by atoms with E-state index in [1.54, 1.807) is 11.3 Å². The van der Waals surface area contributed by atoms with Gasteiger partial charge in [0.2, 0.25) is 5.95 Å². The fourth-order valence-electron chi connectivity index (χ4n) is 4.57. The number of aliphatic hydroxyl groups is 1. The Morgan fingerprint density at radius 3 is 2.66 bits per heavy atom. The molecule has 1 aliphatic carbocycles. The van der Waals surface area contributed by atoms with Crippen molar-refractivity contribution in [3.8, 4) is 0 Å². The van der Waals surface area contributed by atoms with Crippen LogP contribution in [0, 0.1) is 0 Å². The molecule has 0 spiro atoms. The van der Waals surface area contributed by atoms with Gasteiger partial charge in [0.15, 0.2) is 0 Å². The van der Waals surface area contributed by atoms with E-state index >= 15 is 0 Å². The number of anilines is 4. The summed E-state index contributed by atoms with van der Waals surface area (Å²) in [5.74, 6) is 1.49. The Morgan fingerprint density at radius 1 is 1.09 bits per heavy atom. The van der Waals surface area contributed by atoms with Crippen molar-refractivity contribution in [1.82, 2.24) is 14.9 Å². The summed E-state index contributed by atoms with van der Waals surface area (Å²) in [5.41, 5.74) is 2.64. The third kappa shape index (κ3) is 4.82. The second-order valence-electron chi connectivity index (χ2n) is 9.41. The molecule has 0 atom stereocenters. The number of nitrogens with zero attached hydrogens (tertiary/aromatic N) is 4. The normalized spacial score (nSPS) is 24.6. The van der Waals surface area contributed by atoms with Crippen LogP contribution in [-0.4, -0.2) is 64.8 Å². The number of fused-ring (bicyclic) bond motifs is 1. The lowest BCUT2D eigenvalue weighted by Gasteiger charge is -2.34. The summed E-state index contributed by atoms with van der Waals surface area (Å²) in [4.78, 5) is 14.4. The monoisotopic (exact) mass is 452 g/mol. The average molecular weight is 453 g/mol. The van der Waals surface area contributed by atoms with E-state index < -0.39 is 5.60 Å². The van der Waals surface area contributed by atoms with E-state index in [9.17, 15) is 5.11 Å². The van der Waals surface area contributed by atoms with E-state index in [2.05, 4.69) is 57.1 Å². The third-order valence-corrected chi connectivity index (χ3v) is 7.59. The largest absolute Gasteiger partial charge is 0.390 e. The van der Waals surface area contributed by atoms with E-state index in [0.717, 1.165) is 73.6 Å². The lowest BCUT2D eigenvalue weighted by molar-refractivity contribution is 0.0196. The molecule has 0 amide bonds. The Labute approximate surface area is 193 Å². The highest BCUT2D eigenvalue weighted by Crippen LogP contribution is 2.33. The third-order valence-electron chi connectivity index (χ3n) is 6.68. The van der Waals surface area contributed by atoms with Crippen LogP contribution in [0.2, 0.25) is 0 Å². The highest BCUT2D eigenvalue weighted by molar-refractivity contribution is 7.17. The van der Waals surface area contributed by atoms with Gasteiger partial charge in [0.25, 0.3) is 0 Å². The summed E-state index contributed by atoms with van der Waals surface area (Å²) in [6, 6.07) is 10.9. The van der Waals surface area contributed by atoms with Crippen molar-refractivity contribution >= 4 is 44.7 Å². The molecule has 1 saturated heterocycles. The number of rotatable bonds is 5. The molecular formula is C24H32N6OS. The first-order valence-electron chi connectivity index (χ1n) is 11.5. The maximum absolute atomic E-state index is 10.3. The molecule has 2 aromatic heterocycles. The first-order valence-corrected chi connectivity index (χ1v) is 12.4. The van der Waals surface area contributed by atoms with E-state index in [-0.39, 0.29) is 0 Å². The van der Waals surface area contributed by atoms with Gasteiger partial charge in [-0.1, -0.05) is 6.07 Å². The molecule has 5 rings (SSSR count). The maximum Gasteiger partial charge on any atom is 0.229 e. The fraction of sp³-hybridized carbons (Fsp3) is 0.500. The van der Waals surface area contributed by atoms with Crippen molar-refractivity contribution in [3.63, 3.8) is 0 Å². The number of hydrogen-bond acceptors (Lipinski definition) is 8. The Kier molecular flexibility index (Phi) is 5.92. The summed E-state index contributed by atoms with van der Waals surface area (Å²) in [7, 11) is 2.18. The van der Waals surface area contributed by atoms with E-state index in [1.807, 2.05) is 13.0 Å². The van der Waals surface area contributed by atoms with Crippen LogP contribution in [0.1, 0.15) is 32.6 Å². The van der Waals surface area contributed by atoms with Crippen molar-refractivity contribution in [2.24, 2.45) is 0 Å². The minimum atomic E-state index is -0.538. The quantitative estimate of drug-likeness (QED) is 0.533. The number of aromatic nitrogens is 2. The molecule has 1 saturated carbocycles. The van der Waals surface area contributed by atoms with Crippen LogP contribution in [0.5, 0.6) is 0 Å². The molecule has 170 valence electrons. The summed E-state index contributed by atoms with van der Waals surface area (Å²) >= 11 is 1.66. The average Bonchev–Trinajstić information content (AvgIpc) is 3.25. The predicted octanol–water partition coefficient (Wildman–Crippen LogP) is 4.29. The minimum absolute atomic E-state index is 0.323. The van der Waals surface area contributed by atoms with E-state index in [4.69, 9.17) is 9.97 Å². The molecule has 0 unspecified atom stereocenters. The number of likely N-dealkylation sites (N-methyl/N-ethyl adjacent to an activating group) is 1. The molecule has 3 N–H and O–H groups in total. The number of thiophene rings is 1. The second-order valence-corrected chi connectivity index (χ2v) is 10.3. The molecule has 0 radical (unpaired) electrons. The van der Waals surface area contributed by atoms with Gasteiger partial charge in [0.05, 0.1) is 15.8 Å². The molecule has 2 aliphatic rings. The van der Waals surface area contributed by atoms with E-state index in [0.29, 0.717) is 12.0 Å². The minimum Gasteiger partial charge on any atom is -0.390 e. The van der Waals surface area contributed by atoms with Crippen LogP contribution in [0.15, 0.2) is 35.7 Å². The zero-order valence-electron chi connectivity index (χ0n) is 18.8. The summed E-state index contributed by atoms with van der Waals surface area (Å²) in [5, 5.41) is 19.4. The summed E-state index contributed by atoms with van der Waals surface area (Å²) < 4.78 is 1.08. The van der Waals surface area contributed by atoms with Crippen molar-refractivity contribution in [2.45, 2.75) is 44.2 Å². The molecule has 32 heavy (non-hydrogen) atoms. The van der Waals surface area contributed by atoms with Gasteiger partial charge in [-0.3, -0.25) is 0 Å². The fourth-order valence-corrected chi connectivity index (χ4v) is 5.35. The molecule has 0 bridgehead atoms. The Balaban J connectivity index is 1.34. The topological polar surface area (TPSA) is 76.5 Å². The Morgan fingerprint density at radius 2 is 1.88 bits per heavy atom. The van der Waals surface area contributed by atoms with Crippen molar-refractivity contribution in [1.29, 1.82) is 0 Å². The number of benzene rings is 1. The maximum atomic E-state index is 10.3. The first kappa shape index (κ1) is 21.4. The first-order chi connectivity index (χ1) is 15.4. The van der Waals surface area contributed by atoms with Gasteiger partial charge in [-0.05, 0) is 69.3 Å². The summed E-state index contributed by atoms with van der Waals surface area (Å²) in [6.07, 6.45) is 3.51. The van der Waals surface area contributed by atoms with Crippen molar-refractivity contribution in [3.05, 3.63) is 35.7 Å². The molecule has 3 heterocycles. The lowest BCUT2D eigenvalue weighted by Crippen LogP contribution is -2.44. The molecule has 2 fully saturated rings. The van der Waals surface area contributed by atoms with Crippen LogP contribution in [0.4, 0.5) is 23.1 Å². The Bertz CT molecular complexity index is 1070. The number of hydrogen-bond donors (Lipinski definition) is 3. The molecule has 1 aliphatic heterocycles. The van der Waals surface area contributed by atoms with Crippen molar-refractivity contribution in [2.75, 3.05) is 48.8 Å². The van der Waals surface area contributed by atoms with Gasteiger partial charge in [-0.15, -0.1) is 11.3 Å². The van der Waals surface area contributed by atoms with Gasteiger partial charge < -0.3 is 25.5 Å². The van der Waals surface area contributed by atoms with Crippen LogP contribution in [0.3, 0.4) is 0 Å². The van der Waals surface area contributed by atoms with Crippen LogP contribution in [0.25, 0.3) is 10.2 Å². The van der Waals surface area contributed by atoms with Gasteiger partial charge in [-0.25, -0.2) is 4.98 Å². The summed E-state index contributed by atoms with van der Waals surface area (Å²) in [6.45, 7) is 6.19. The van der Waals surface area contributed by atoms with Crippen LogP contribution in [-0.2, 0) is 0 Å². The lowest BCUT2D eigenvalue weighted by atomic mass is 9.84. The molecule has 1 aromatic carbocycles. The van der Waals surface area contributed by atoms with E-state index in [1.165, 1.54) is 5.69 Å². The highest BCUT2D eigenvalue weighted by atomic mass is 32.1. The van der Waals surface area contributed by atoms with Gasteiger partial charge in [-0.2, -0.15) is 4.98 Å². The molecule has 3 aromatic rings. The van der Waals surface area contributed by atoms with Crippen molar-refractivity contribution < 1.29 is 5.11 Å². The second kappa shape index (κ2) is 8.84. The molecule has 8 heteroatoms. The SMILES string of the molecule is CN1CCN(c2cccc(Nc3nc(N[C@H]4CC[C@](C)(O)CC4)c4sccc4n3)c2)CC1. The van der Waals surface area contributed by atoms with Crippen LogP contribution >= 0.6 is 11.3 Å². The zero-order valence-corrected chi connectivity index (χ0v) is 19.7. The molecular weight excluding hydrogens is 420 g/mol. The predicted molar refractivity (Wildman–Crippen MR) is 133 cm³/mol. The smallest absolute Gasteiger partial charge is 0.229 e. The van der Waals surface area contributed by atoms with Gasteiger partial charge >= 0.3 is 0 Å². The van der Waals surface area contributed by atoms with Crippen LogP contribution < -0.4 is 15.5 Å². The van der Waals surface area contributed by atoms with Gasteiger partial charge in [0.1, 0.15) is 5.82 Å². The standard InChI is InChI=1S/C24H32N6OS/c1-24(31)9-6-17(7-10-24)25-22-21-20(8-15-32-21)27-23(28-22)26-18-4-3-5-19(16-18)30-13-11-29(2)12-14-30/h3-5,8,15-17,31H,6-7,9-14H2,1-2H3,(H2,25,26,27,28)/t17-,24-. The number of nitrogens with one attached hydrogen (secondary N) is 2. The Hall–Kier alpha value is -2.42.